The minimum Gasteiger partial charge on any atom is -0.372 e. The molecule has 0 amide bonds. The van der Waals surface area contributed by atoms with Crippen LogP contribution in [0.15, 0.2) is 54.6 Å². The number of hydrogen-bond acceptors (Lipinski definition) is 6. The quantitative estimate of drug-likeness (QED) is 0.412. The van der Waals surface area contributed by atoms with Gasteiger partial charge in [-0.05, 0) is 68.4 Å². The maximum absolute atomic E-state index is 13.2. The SMILES string of the molecule is CCN(CC)c1ccc(-c2nn3c(-c4cc(-c5ccc(F)cc5)n[nH]4)nnc3s2)cc1. The summed E-state index contributed by atoms with van der Waals surface area (Å²) in [7, 11) is 0. The molecule has 7 nitrogen and oxygen atoms in total. The zero-order chi connectivity index (χ0) is 21.4. The number of rotatable bonds is 6. The van der Waals surface area contributed by atoms with Crippen LogP contribution in [0, 0.1) is 5.82 Å². The van der Waals surface area contributed by atoms with Crippen LogP contribution in [-0.2, 0) is 0 Å². The number of H-pyrrole nitrogens is 1. The smallest absolute Gasteiger partial charge is 0.235 e. The third-order valence-electron chi connectivity index (χ3n) is 5.19. The Labute approximate surface area is 182 Å². The Morgan fingerprint density at radius 2 is 1.68 bits per heavy atom. The number of benzene rings is 2. The Bertz CT molecular complexity index is 1310. The van der Waals surface area contributed by atoms with Gasteiger partial charge in [0.2, 0.25) is 10.8 Å². The summed E-state index contributed by atoms with van der Waals surface area (Å²) in [5.41, 5.74) is 4.45. The van der Waals surface area contributed by atoms with E-state index in [-0.39, 0.29) is 5.82 Å². The molecule has 1 N–H and O–H groups in total. The largest absolute Gasteiger partial charge is 0.372 e. The van der Waals surface area contributed by atoms with Gasteiger partial charge in [0.25, 0.3) is 0 Å². The summed E-state index contributed by atoms with van der Waals surface area (Å²) in [5.74, 6) is 0.303. The lowest BCUT2D eigenvalue weighted by atomic mass is 10.1. The maximum Gasteiger partial charge on any atom is 0.235 e. The molecule has 0 spiro atoms. The van der Waals surface area contributed by atoms with Crippen LogP contribution in [0.1, 0.15) is 13.8 Å². The summed E-state index contributed by atoms with van der Waals surface area (Å²) in [6, 6.07) is 16.5. The van der Waals surface area contributed by atoms with Crippen LogP contribution >= 0.6 is 11.3 Å². The standard InChI is InChI=1S/C22H20FN7S/c1-3-29(4-2)17-11-7-15(8-12-17)21-28-30-20(26-27-22(30)31-21)19-13-18(24-25-19)14-5-9-16(23)10-6-14/h5-13H,3-4H2,1-2H3,(H,24,25). The Morgan fingerprint density at radius 3 is 2.39 bits per heavy atom. The van der Waals surface area contributed by atoms with Crippen LogP contribution in [-0.4, -0.2) is 43.1 Å². The second-order valence-corrected chi connectivity index (χ2v) is 7.97. The van der Waals surface area contributed by atoms with Crippen molar-refractivity contribution < 1.29 is 4.39 Å². The second kappa shape index (κ2) is 7.92. The molecule has 5 rings (SSSR count). The third-order valence-corrected chi connectivity index (χ3v) is 6.14. The van der Waals surface area contributed by atoms with Crippen molar-refractivity contribution in [2.45, 2.75) is 13.8 Å². The molecular formula is C22H20FN7S. The highest BCUT2D eigenvalue weighted by atomic mass is 32.1. The number of halogens is 1. The Morgan fingerprint density at radius 1 is 0.968 bits per heavy atom. The molecule has 0 atom stereocenters. The van der Waals surface area contributed by atoms with Gasteiger partial charge in [-0.2, -0.15) is 14.7 Å². The van der Waals surface area contributed by atoms with Crippen molar-refractivity contribution in [3.63, 3.8) is 0 Å². The first kappa shape index (κ1) is 19.4. The molecule has 0 radical (unpaired) electrons. The molecule has 0 fully saturated rings. The number of hydrogen-bond donors (Lipinski definition) is 1. The highest BCUT2D eigenvalue weighted by Gasteiger charge is 2.17. The van der Waals surface area contributed by atoms with E-state index < -0.39 is 0 Å². The van der Waals surface area contributed by atoms with Crippen molar-refractivity contribution in [2.75, 3.05) is 18.0 Å². The van der Waals surface area contributed by atoms with Crippen molar-refractivity contribution in [2.24, 2.45) is 0 Å². The summed E-state index contributed by atoms with van der Waals surface area (Å²) in [4.78, 5) is 3.01. The molecule has 0 saturated carbocycles. The normalized spacial score (nSPS) is 11.3. The summed E-state index contributed by atoms with van der Waals surface area (Å²) >= 11 is 1.49. The molecule has 2 aromatic carbocycles. The minimum absolute atomic E-state index is 0.279. The van der Waals surface area contributed by atoms with E-state index >= 15 is 0 Å². The molecule has 3 heterocycles. The number of aromatic nitrogens is 6. The molecule has 9 heteroatoms. The van der Waals surface area contributed by atoms with E-state index in [2.05, 4.69) is 63.4 Å². The van der Waals surface area contributed by atoms with E-state index in [0.29, 0.717) is 22.2 Å². The predicted molar refractivity (Wildman–Crippen MR) is 121 cm³/mol. The van der Waals surface area contributed by atoms with Crippen LogP contribution in [0.2, 0.25) is 0 Å². The molecule has 0 aliphatic heterocycles. The van der Waals surface area contributed by atoms with Crippen molar-refractivity contribution in [3.05, 3.63) is 60.4 Å². The highest BCUT2D eigenvalue weighted by Crippen LogP contribution is 2.30. The zero-order valence-corrected chi connectivity index (χ0v) is 17.9. The van der Waals surface area contributed by atoms with E-state index in [9.17, 15) is 4.39 Å². The van der Waals surface area contributed by atoms with Gasteiger partial charge in [-0.3, -0.25) is 5.10 Å². The van der Waals surface area contributed by atoms with E-state index in [1.54, 1.807) is 16.6 Å². The van der Waals surface area contributed by atoms with Gasteiger partial charge in [0, 0.05) is 29.9 Å². The molecule has 0 saturated heterocycles. The molecule has 0 aliphatic rings. The fraction of sp³-hybridized carbons (Fsp3) is 0.182. The average Bonchev–Trinajstić information content (AvgIpc) is 3.51. The number of nitrogens with one attached hydrogen (secondary N) is 1. The molecular weight excluding hydrogens is 413 g/mol. The topological polar surface area (TPSA) is 75.0 Å². The van der Waals surface area contributed by atoms with Gasteiger partial charge < -0.3 is 4.90 Å². The summed E-state index contributed by atoms with van der Waals surface area (Å²) in [6.07, 6.45) is 0. The lowest BCUT2D eigenvalue weighted by molar-refractivity contribution is 0.628. The molecule has 0 bridgehead atoms. The fourth-order valence-corrected chi connectivity index (χ4v) is 4.35. The van der Waals surface area contributed by atoms with E-state index in [1.807, 2.05) is 6.07 Å². The molecule has 156 valence electrons. The van der Waals surface area contributed by atoms with Crippen molar-refractivity contribution >= 4 is 22.0 Å². The van der Waals surface area contributed by atoms with Gasteiger partial charge in [-0.15, -0.1) is 10.2 Å². The number of nitrogens with zero attached hydrogens (tertiary/aromatic N) is 6. The summed E-state index contributed by atoms with van der Waals surface area (Å²) in [6.45, 7) is 6.25. The van der Waals surface area contributed by atoms with Gasteiger partial charge >= 0.3 is 0 Å². The van der Waals surface area contributed by atoms with Gasteiger partial charge in [0.15, 0.2) is 0 Å². The highest BCUT2D eigenvalue weighted by molar-refractivity contribution is 7.19. The van der Waals surface area contributed by atoms with Crippen LogP contribution < -0.4 is 4.90 Å². The first-order chi connectivity index (χ1) is 15.2. The lowest BCUT2D eigenvalue weighted by Gasteiger charge is -2.20. The van der Waals surface area contributed by atoms with Crippen LogP contribution in [0.4, 0.5) is 10.1 Å². The van der Waals surface area contributed by atoms with Gasteiger partial charge in [0.05, 0.1) is 5.69 Å². The monoisotopic (exact) mass is 433 g/mol. The summed E-state index contributed by atoms with van der Waals surface area (Å²) in [5, 5.41) is 21.4. The Kier molecular flexibility index (Phi) is 4.95. The lowest BCUT2D eigenvalue weighted by Crippen LogP contribution is -2.21. The van der Waals surface area contributed by atoms with Crippen molar-refractivity contribution in [3.8, 4) is 33.3 Å². The fourth-order valence-electron chi connectivity index (χ4n) is 3.51. The maximum atomic E-state index is 13.2. The van der Waals surface area contributed by atoms with Gasteiger partial charge in [-0.25, -0.2) is 4.39 Å². The molecule has 0 unspecified atom stereocenters. The molecule has 5 aromatic rings. The molecule has 31 heavy (non-hydrogen) atoms. The van der Waals surface area contributed by atoms with Crippen LogP contribution in [0.3, 0.4) is 0 Å². The number of anilines is 1. The zero-order valence-electron chi connectivity index (χ0n) is 17.1. The Balaban J connectivity index is 1.46. The van der Waals surface area contributed by atoms with Crippen LogP contribution in [0.25, 0.3) is 38.3 Å². The third kappa shape index (κ3) is 3.57. The van der Waals surface area contributed by atoms with E-state index in [0.717, 1.165) is 29.2 Å². The second-order valence-electron chi connectivity index (χ2n) is 7.02. The minimum atomic E-state index is -0.279. The van der Waals surface area contributed by atoms with E-state index in [4.69, 9.17) is 5.10 Å². The average molecular weight is 434 g/mol. The van der Waals surface area contributed by atoms with Crippen molar-refractivity contribution in [1.29, 1.82) is 0 Å². The molecule has 3 aromatic heterocycles. The number of fused-ring (bicyclic) bond motifs is 1. The summed E-state index contributed by atoms with van der Waals surface area (Å²) < 4.78 is 14.9. The predicted octanol–water partition coefficient (Wildman–Crippen LogP) is 4.90. The van der Waals surface area contributed by atoms with Crippen LogP contribution in [0.5, 0.6) is 0 Å². The van der Waals surface area contributed by atoms with Gasteiger partial charge in [0.1, 0.15) is 16.5 Å². The van der Waals surface area contributed by atoms with Crippen molar-refractivity contribution in [1.82, 2.24) is 30.0 Å². The first-order valence-electron chi connectivity index (χ1n) is 10.1. The van der Waals surface area contributed by atoms with Gasteiger partial charge in [-0.1, -0.05) is 11.3 Å². The van der Waals surface area contributed by atoms with E-state index in [1.165, 1.54) is 29.2 Å². The Hall–Kier alpha value is -3.59. The molecule has 0 aliphatic carbocycles. The first-order valence-corrected chi connectivity index (χ1v) is 10.9. The number of aromatic amines is 1.